The summed E-state index contributed by atoms with van der Waals surface area (Å²) in [6.07, 6.45) is 1.89. The molecule has 1 N–H and O–H groups in total. The highest BCUT2D eigenvalue weighted by Gasteiger charge is 2.21. The number of aromatic amines is 1. The van der Waals surface area contributed by atoms with Gasteiger partial charge in [-0.2, -0.15) is 0 Å². The summed E-state index contributed by atoms with van der Waals surface area (Å²) in [5.74, 6) is 0.0772. The summed E-state index contributed by atoms with van der Waals surface area (Å²) in [5.41, 5.74) is 0.830. The van der Waals surface area contributed by atoms with E-state index in [4.69, 9.17) is 0 Å². The number of aryl methyl sites for hydroxylation is 1. The maximum Gasteiger partial charge on any atom is 0.345 e. The number of hydrogen-bond acceptors (Lipinski definition) is 4. The van der Waals surface area contributed by atoms with Gasteiger partial charge in [0.1, 0.15) is 0 Å². The van der Waals surface area contributed by atoms with E-state index in [2.05, 4.69) is 9.97 Å². The number of nitrogens with one attached hydrogen (secondary N) is 1. The summed E-state index contributed by atoms with van der Waals surface area (Å²) in [6.45, 7) is 0. The van der Waals surface area contributed by atoms with Crippen LogP contribution in [0.3, 0.4) is 0 Å². The molecule has 0 aliphatic carbocycles. The Morgan fingerprint density at radius 2 is 2.23 bits per heavy atom. The van der Waals surface area contributed by atoms with E-state index >= 15 is 0 Å². The molecule has 1 aliphatic heterocycles. The first-order valence-electron chi connectivity index (χ1n) is 3.84. The van der Waals surface area contributed by atoms with Gasteiger partial charge in [-0.3, -0.25) is 0 Å². The third-order valence-corrected chi connectivity index (χ3v) is 3.58. The number of hydrogen-bond donors (Lipinski definition) is 1. The zero-order chi connectivity index (χ0) is 9.47. The van der Waals surface area contributed by atoms with Gasteiger partial charge in [-0.15, -0.1) is 0 Å². The Labute approximate surface area is 74.7 Å². The Morgan fingerprint density at radius 3 is 3.00 bits per heavy atom. The summed E-state index contributed by atoms with van der Waals surface area (Å²) in [6, 6.07) is 0. The second-order valence-corrected chi connectivity index (χ2v) is 5.22. The lowest BCUT2D eigenvalue weighted by Crippen LogP contribution is -2.24. The van der Waals surface area contributed by atoms with Gasteiger partial charge in [-0.1, -0.05) is 0 Å². The second kappa shape index (κ2) is 2.66. The summed E-state index contributed by atoms with van der Waals surface area (Å²) in [5, 5.41) is 0. The predicted octanol–water partition coefficient (Wildman–Crippen LogP) is -0.759. The Balaban J connectivity index is 2.56. The van der Waals surface area contributed by atoms with Gasteiger partial charge in [0.05, 0.1) is 11.5 Å². The fraction of sp³-hybridized carbons (Fsp3) is 0.429. The van der Waals surface area contributed by atoms with Crippen LogP contribution in [-0.4, -0.2) is 24.1 Å². The highest BCUT2D eigenvalue weighted by atomic mass is 32.2. The van der Waals surface area contributed by atoms with E-state index in [9.17, 15) is 13.2 Å². The molecule has 13 heavy (non-hydrogen) atoms. The maximum atomic E-state index is 11.2. The topological polar surface area (TPSA) is 79.9 Å². The Morgan fingerprint density at radius 1 is 1.46 bits per heavy atom. The number of aromatic nitrogens is 2. The van der Waals surface area contributed by atoms with Crippen molar-refractivity contribution in [2.75, 3.05) is 5.75 Å². The number of H-pyrrole nitrogens is 1. The van der Waals surface area contributed by atoms with Crippen molar-refractivity contribution in [2.45, 2.75) is 12.2 Å². The lowest BCUT2D eigenvalue weighted by molar-refractivity contribution is 0.590. The minimum Gasteiger partial charge on any atom is -0.308 e. The SMILES string of the molecule is O=c1ncc2c([nH]1)CS(=O)(=O)CC2. The molecule has 0 bridgehead atoms. The van der Waals surface area contributed by atoms with E-state index in [0.29, 0.717) is 12.1 Å². The second-order valence-electron chi connectivity index (χ2n) is 3.03. The molecule has 2 rings (SSSR count). The molecule has 1 aromatic rings. The molecule has 0 saturated carbocycles. The number of fused-ring (bicyclic) bond motifs is 1. The largest absolute Gasteiger partial charge is 0.345 e. The molecule has 0 saturated heterocycles. The molecule has 0 radical (unpaired) electrons. The minimum atomic E-state index is -3.01. The van der Waals surface area contributed by atoms with Gasteiger partial charge >= 0.3 is 5.69 Å². The standard InChI is InChI=1S/C7H8N2O3S/c10-7-8-3-5-1-2-13(11,12)4-6(5)9-7/h3H,1-2,4H2,(H,8,9,10). The minimum absolute atomic E-state index is 0.0694. The first-order chi connectivity index (χ1) is 6.07. The van der Waals surface area contributed by atoms with Crippen LogP contribution >= 0.6 is 0 Å². The van der Waals surface area contributed by atoms with Gasteiger partial charge in [0.25, 0.3) is 0 Å². The van der Waals surface area contributed by atoms with Crippen molar-refractivity contribution >= 4 is 9.84 Å². The Hall–Kier alpha value is -1.17. The van der Waals surface area contributed by atoms with Crippen LogP contribution in [0.25, 0.3) is 0 Å². The molecule has 0 unspecified atom stereocenters. The average Bonchev–Trinajstić information content (AvgIpc) is 2.01. The van der Waals surface area contributed by atoms with Gasteiger partial charge in [0.2, 0.25) is 0 Å². The van der Waals surface area contributed by atoms with E-state index in [-0.39, 0.29) is 11.5 Å². The fourth-order valence-corrected chi connectivity index (χ4v) is 2.73. The van der Waals surface area contributed by atoms with Crippen LogP contribution in [-0.2, 0) is 22.0 Å². The smallest absolute Gasteiger partial charge is 0.308 e. The van der Waals surface area contributed by atoms with Gasteiger partial charge in [-0.05, 0) is 12.0 Å². The number of nitrogens with zero attached hydrogens (tertiary/aromatic N) is 1. The molecule has 1 aliphatic rings. The van der Waals surface area contributed by atoms with Crippen LogP contribution in [0, 0.1) is 0 Å². The zero-order valence-corrected chi connectivity index (χ0v) is 7.60. The van der Waals surface area contributed by atoms with E-state index < -0.39 is 15.5 Å². The molecule has 2 heterocycles. The molecule has 70 valence electrons. The van der Waals surface area contributed by atoms with Crippen molar-refractivity contribution in [2.24, 2.45) is 0 Å². The molecule has 0 atom stereocenters. The lowest BCUT2D eigenvalue weighted by Gasteiger charge is -2.13. The van der Waals surface area contributed by atoms with Crippen molar-refractivity contribution in [3.8, 4) is 0 Å². The van der Waals surface area contributed by atoms with Gasteiger partial charge < -0.3 is 4.98 Å². The fourth-order valence-electron chi connectivity index (χ4n) is 1.36. The molecular weight excluding hydrogens is 192 g/mol. The normalized spacial score (nSPS) is 19.4. The third kappa shape index (κ3) is 1.62. The van der Waals surface area contributed by atoms with Crippen LogP contribution in [0.5, 0.6) is 0 Å². The van der Waals surface area contributed by atoms with Crippen molar-refractivity contribution in [1.29, 1.82) is 0 Å². The predicted molar refractivity (Wildman–Crippen MR) is 46.1 cm³/mol. The Bertz CT molecular complexity index is 489. The first-order valence-corrected chi connectivity index (χ1v) is 5.66. The van der Waals surface area contributed by atoms with Crippen molar-refractivity contribution < 1.29 is 8.42 Å². The molecule has 1 aromatic heterocycles. The molecule has 0 aromatic carbocycles. The van der Waals surface area contributed by atoms with Crippen molar-refractivity contribution in [3.05, 3.63) is 27.9 Å². The highest BCUT2D eigenvalue weighted by molar-refractivity contribution is 7.90. The average molecular weight is 200 g/mol. The molecule has 6 heteroatoms. The summed E-state index contributed by atoms with van der Waals surface area (Å²) < 4.78 is 22.4. The summed E-state index contributed by atoms with van der Waals surface area (Å²) in [7, 11) is -3.01. The molecule has 0 amide bonds. The lowest BCUT2D eigenvalue weighted by atomic mass is 10.2. The first kappa shape index (κ1) is 8.43. The van der Waals surface area contributed by atoms with Crippen molar-refractivity contribution in [3.63, 3.8) is 0 Å². The van der Waals surface area contributed by atoms with E-state index in [1.807, 2.05) is 0 Å². The van der Waals surface area contributed by atoms with Crippen LogP contribution in [0.4, 0.5) is 0 Å². The molecule has 5 nitrogen and oxygen atoms in total. The van der Waals surface area contributed by atoms with E-state index in [0.717, 1.165) is 5.56 Å². The highest BCUT2D eigenvalue weighted by Crippen LogP contribution is 2.15. The van der Waals surface area contributed by atoms with Crippen molar-refractivity contribution in [1.82, 2.24) is 9.97 Å². The quantitative estimate of drug-likeness (QED) is 0.597. The monoisotopic (exact) mass is 200 g/mol. The molecular formula is C7H8N2O3S. The third-order valence-electron chi connectivity index (χ3n) is 2.03. The van der Waals surface area contributed by atoms with Crippen LogP contribution in [0.1, 0.15) is 11.3 Å². The Kier molecular flexibility index (Phi) is 1.73. The summed E-state index contributed by atoms with van der Waals surface area (Å²) in [4.78, 5) is 16.8. The van der Waals surface area contributed by atoms with Gasteiger partial charge in [0.15, 0.2) is 9.84 Å². The van der Waals surface area contributed by atoms with Crippen LogP contribution < -0.4 is 5.69 Å². The molecule has 0 spiro atoms. The summed E-state index contributed by atoms with van der Waals surface area (Å²) >= 11 is 0. The van der Waals surface area contributed by atoms with Crippen LogP contribution in [0.15, 0.2) is 11.0 Å². The zero-order valence-electron chi connectivity index (χ0n) is 6.78. The van der Waals surface area contributed by atoms with Gasteiger partial charge in [0, 0.05) is 11.9 Å². The van der Waals surface area contributed by atoms with Gasteiger partial charge in [-0.25, -0.2) is 18.2 Å². The maximum absolute atomic E-state index is 11.2. The molecule has 0 fully saturated rings. The van der Waals surface area contributed by atoms with E-state index in [1.165, 1.54) is 6.20 Å². The van der Waals surface area contributed by atoms with Crippen LogP contribution in [0.2, 0.25) is 0 Å². The number of sulfone groups is 1. The number of rotatable bonds is 0. The van der Waals surface area contributed by atoms with E-state index in [1.54, 1.807) is 0 Å².